The van der Waals surface area contributed by atoms with E-state index in [4.69, 9.17) is 16.3 Å². The van der Waals surface area contributed by atoms with Gasteiger partial charge in [-0.15, -0.1) is 11.3 Å². The van der Waals surface area contributed by atoms with Crippen LogP contribution in [0.4, 0.5) is 4.39 Å². The summed E-state index contributed by atoms with van der Waals surface area (Å²) >= 11 is 7.06. The molecule has 0 aliphatic rings. The predicted octanol–water partition coefficient (Wildman–Crippen LogP) is 5.37. The van der Waals surface area contributed by atoms with Crippen molar-refractivity contribution in [3.05, 3.63) is 69.9 Å². The second kappa shape index (κ2) is 9.82. The van der Waals surface area contributed by atoms with Crippen LogP contribution in [0.1, 0.15) is 30.5 Å². The second-order valence-electron chi connectivity index (χ2n) is 6.59. The molecule has 0 bridgehead atoms. The van der Waals surface area contributed by atoms with E-state index in [-0.39, 0.29) is 29.2 Å². The monoisotopic (exact) mass is 447 g/mol. The third-order valence-corrected chi connectivity index (χ3v) is 5.66. The molecule has 0 saturated heterocycles. The summed E-state index contributed by atoms with van der Waals surface area (Å²) in [5, 5.41) is 11.9. The Morgan fingerprint density at radius 2 is 1.97 bits per heavy atom. The number of carbonyl (C=O) groups excluding carboxylic acids is 1. The minimum absolute atomic E-state index is 0.00732. The Morgan fingerprint density at radius 1 is 1.23 bits per heavy atom. The van der Waals surface area contributed by atoms with Crippen molar-refractivity contribution in [2.24, 2.45) is 0 Å². The van der Waals surface area contributed by atoms with Gasteiger partial charge < -0.3 is 9.84 Å². The maximum absolute atomic E-state index is 13.7. The number of carboxylic acid groups (broad SMARTS) is 1. The fraction of sp³-hybridized carbons (Fsp3) is 0.227. The van der Waals surface area contributed by atoms with Crippen molar-refractivity contribution in [2.45, 2.75) is 25.7 Å². The number of aliphatic carboxylic acids is 1. The zero-order chi connectivity index (χ0) is 21.7. The highest BCUT2D eigenvalue weighted by atomic mass is 35.5. The van der Waals surface area contributed by atoms with Crippen molar-refractivity contribution in [2.75, 3.05) is 6.61 Å². The molecule has 0 aliphatic carbocycles. The summed E-state index contributed by atoms with van der Waals surface area (Å²) in [4.78, 5) is 28.6. The number of benzene rings is 2. The smallest absolute Gasteiger partial charge is 0.311 e. The zero-order valence-corrected chi connectivity index (χ0v) is 17.7. The van der Waals surface area contributed by atoms with Gasteiger partial charge in [0.1, 0.15) is 22.4 Å². The highest BCUT2D eigenvalue weighted by Crippen LogP contribution is 2.28. The number of nitrogens with zero attached hydrogens (tertiary/aromatic N) is 1. The highest BCUT2D eigenvalue weighted by Gasteiger charge is 2.24. The quantitative estimate of drug-likeness (QED) is 0.477. The van der Waals surface area contributed by atoms with Gasteiger partial charge in [-0.05, 0) is 48.9 Å². The molecule has 8 heteroatoms. The lowest BCUT2D eigenvalue weighted by molar-refractivity contribution is -0.140. The van der Waals surface area contributed by atoms with E-state index >= 15 is 0 Å². The second-order valence-corrected chi connectivity index (χ2v) is 7.85. The van der Waals surface area contributed by atoms with Crippen LogP contribution in [0.25, 0.3) is 10.6 Å². The van der Waals surface area contributed by atoms with Gasteiger partial charge in [-0.1, -0.05) is 17.7 Å². The summed E-state index contributed by atoms with van der Waals surface area (Å²) in [6.07, 6.45) is -0.250. The molecule has 1 heterocycles. The molecular weight excluding hydrogens is 429 g/mol. The number of halogens is 2. The van der Waals surface area contributed by atoms with Crippen LogP contribution in [0.15, 0.2) is 47.8 Å². The fourth-order valence-electron chi connectivity index (χ4n) is 2.96. The summed E-state index contributed by atoms with van der Waals surface area (Å²) in [6.45, 7) is 2.50. The number of hydrogen-bond donors (Lipinski definition) is 1. The Labute approximate surface area is 182 Å². The molecule has 0 spiro atoms. The summed E-state index contributed by atoms with van der Waals surface area (Å²) < 4.78 is 19.1. The van der Waals surface area contributed by atoms with Gasteiger partial charge in [0.15, 0.2) is 0 Å². The number of ether oxygens (including phenoxy) is 1. The number of aromatic nitrogens is 1. The highest BCUT2D eigenvalue weighted by molar-refractivity contribution is 7.13. The molecule has 3 rings (SSSR count). The Hall–Kier alpha value is -2.77. The number of Topliss-reactive ketones (excluding diaryl/α,β-unsaturated/α-hetero) is 1. The molecule has 0 saturated carbocycles. The topological polar surface area (TPSA) is 76.5 Å². The average molecular weight is 448 g/mol. The molecule has 156 valence electrons. The summed E-state index contributed by atoms with van der Waals surface area (Å²) in [7, 11) is 0. The molecule has 0 radical (unpaired) electrons. The largest absolute Gasteiger partial charge is 0.494 e. The molecule has 1 unspecified atom stereocenters. The molecule has 3 aromatic rings. The number of ketones is 1. The lowest BCUT2D eigenvalue weighted by Gasteiger charge is -2.12. The van der Waals surface area contributed by atoms with E-state index < -0.39 is 17.7 Å². The molecule has 1 N–H and O–H groups in total. The number of thiazole rings is 1. The lowest BCUT2D eigenvalue weighted by atomic mass is 9.92. The fourth-order valence-corrected chi connectivity index (χ4v) is 3.90. The molecular formula is C22H19ClFNO4S. The number of rotatable bonds is 9. The van der Waals surface area contributed by atoms with E-state index in [1.165, 1.54) is 23.5 Å². The van der Waals surface area contributed by atoms with E-state index in [9.17, 15) is 19.1 Å². The molecule has 0 fully saturated rings. The van der Waals surface area contributed by atoms with Gasteiger partial charge in [-0.3, -0.25) is 9.59 Å². The third kappa shape index (κ3) is 5.43. The van der Waals surface area contributed by atoms with Crippen LogP contribution in [-0.2, 0) is 16.0 Å². The van der Waals surface area contributed by atoms with Crippen molar-refractivity contribution in [3.63, 3.8) is 0 Å². The molecule has 2 aromatic carbocycles. The zero-order valence-electron chi connectivity index (χ0n) is 16.1. The molecule has 1 aromatic heterocycles. The van der Waals surface area contributed by atoms with Crippen LogP contribution >= 0.6 is 22.9 Å². The normalized spacial score (nSPS) is 11.8. The lowest BCUT2D eigenvalue weighted by Crippen LogP contribution is -2.17. The van der Waals surface area contributed by atoms with E-state index in [0.717, 1.165) is 22.4 Å². The molecule has 1 atom stereocenters. The van der Waals surface area contributed by atoms with Gasteiger partial charge in [0.2, 0.25) is 0 Å². The molecule has 30 heavy (non-hydrogen) atoms. The Morgan fingerprint density at radius 3 is 2.60 bits per heavy atom. The number of hydrogen-bond acceptors (Lipinski definition) is 5. The van der Waals surface area contributed by atoms with Crippen LogP contribution in [0, 0.1) is 5.82 Å². The third-order valence-electron chi connectivity index (χ3n) is 4.42. The maximum Gasteiger partial charge on any atom is 0.311 e. The van der Waals surface area contributed by atoms with Crippen LogP contribution < -0.4 is 4.74 Å². The standard InChI is InChI=1S/C22H19ClFNO4S/c1-2-29-17-6-3-13(4-7-17)21-25-15(12-30-21)10-16(26)11-18(22(27)28)14-5-8-19(23)20(24)9-14/h3-9,12,18H,2,10-11H2,1H3,(H,27,28). The summed E-state index contributed by atoms with van der Waals surface area (Å²) in [5.41, 5.74) is 1.67. The first-order valence-corrected chi connectivity index (χ1v) is 10.5. The van der Waals surface area contributed by atoms with Crippen LogP contribution in [0.5, 0.6) is 5.75 Å². The molecule has 5 nitrogen and oxygen atoms in total. The Balaban J connectivity index is 1.68. The van der Waals surface area contributed by atoms with Crippen molar-refractivity contribution in [1.29, 1.82) is 0 Å². The first-order valence-electron chi connectivity index (χ1n) is 9.24. The number of carbonyl (C=O) groups is 2. The minimum Gasteiger partial charge on any atom is -0.494 e. The van der Waals surface area contributed by atoms with Crippen molar-refractivity contribution in [3.8, 4) is 16.3 Å². The number of carboxylic acids is 1. The summed E-state index contributed by atoms with van der Waals surface area (Å²) in [6, 6.07) is 11.3. The van der Waals surface area contributed by atoms with Crippen LogP contribution in [0.3, 0.4) is 0 Å². The van der Waals surface area contributed by atoms with E-state index in [1.54, 1.807) is 5.38 Å². The molecule has 0 amide bonds. The van der Waals surface area contributed by atoms with E-state index in [0.29, 0.717) is 12.3 Å². The first kappa shape index (κ1) is 21.9. The van der Waals surface area contributed by atoms with Crippen LogP contribution in [-0.4, -0.2) is 28.4 Å². The maximum atomic E-state index is 13.7. The van der Waals surface area contributed by atoms with Gasteiger partial charge in [0, 0.05) is 23.8 Å². The molecule has 0 aliphatic heterocycles. The van der Waals surface area contributed by atoms with Gasteiger partial charge in [-0.2, -0.15) is 0 Å². The van der Waals surface area contributed by atoms with Gasteiger partial charge in [0.05, 0.1) is 23.2 Å². The summed E-state index contributed by atoms with van der Waals surface area (Å²) in [5.74, 6) is -2.58. The van der Waals surface area contributed by atoms with Crippen LogP contribution in [0.2, 0.25) is 5.02 Å². The van der Waals surface area contributed by atoms with Crippen molar-refractivity contribution in [1.82, 2.24) is 4.98 Å². The van der Waals surface area contributed by atoms with Gasteiger partial charge in [-0.25, -0.2) is 9.37 Å². The SMILES string of the molecule is CCOc1ccc(-c2nc(CC(=O)CC(C(=O)O)c3ccc(Cl)c(F)c3)cs2)cc1. The minimum atomic E-state index is -1.20. The van der Waals surface area contributed by atoms with Crippen molar-refractivity contribution >= 4 is 34.7 Å². The average Bonchev–Trinajstić information content (AvgIpc) is 3.17. The van der Waals surface area contributed by atoms with Gasteiger partial charge >= 0.3 is 5.97 Å². The first-order chi connectivity index (χ1) is 14.4. The predicted molar refractivity (Wildman–Crippen MR) is 114 cm³/mol. The Kier molecular flexibility index (Phi) is 7.18. The van der Waals surface area contributed by atoms with Gasteiger partial charge in [0.25, 0.3) is 0 Å². The van der Waals surface area contributed by atoms with Crippen molar-refractivity contribution < 1.29 is 23.8 Å². The van der Waals surface area contributed by atoms with E-state index in [2.05, 4.69) is 4.98 Å². The van der Waals surface area contributed by atoms with E-state index in [1.807, 2.05) is 31.2 Å². The Bertz CT molecular complexity index is 1050.